The molecule has 2 rings (SSSR count). The van der Waals surface area contributed by atoms with Crippen LogP contribution in [0.15, 0.2) is 40.9 Å². The van der Waals surface area contributed by atoms with Crippen LogP contribution in [0, 0.1) is 6.92 Å². The number of halogens is 1. The van der Waals surface area contributed by atoms with Crippen LogP contribution in [0.5, 0.6) is 0 Å². The van der Waals surface area contributed by atoms with E-state index in [1.165, 1.54) is 0 Å². The first-order chi connectivity index (χ1) is 9.61. The van der Waals surface area contributed by atoms with Crippen molar-refractivity contribution in [3.63, 3.8) is 0 Å². The fraction of sp³-hybridized carbons (Fsp3) is 0.312. The average Bonchev–Trinajstić information content (AvgIpc) is 2.44. The predicted molar refractivity (Wildman–Crippen MR) is 88.9 cm³/mol. The van der Waals surface area contributed by atoms with Crippen molar-refractivity contribution in [1.29, 1.82) is 0 Å². The molecule has 3 nitrogen and oxygen atoms in total. The van der Waals surface area contributed by atoms with Crippen molar-refractivity contribution in [2.75, 3.05) is 17.2 Å². The third-order valence-electron chi connectivity index (χ3n) is 3.24. The summed E-state index contributed by atoms with van der Waals surface area (Å²) in [4.78, 5) is 6.92. The van der Waals surface area contributed by atoms with Crippen molar-refractivity contribution < 1.29 is 0 Å². The lowest BCUT2D eigenvalue weighted by Crippen LogP contribution is -2.25. The highest BCUT2D eigenvalue weighted by atomic mass is 79.9. The molecule has 0 aliphatic rings. The van der Waals surface area contributed by atoms with E-state index in [2.05, 4.69) is 44.9 Å². The van der Waals surface area contributed by atoms with Gasteiger partial charge in [0.25, 0.3) is 0 Å². The molecule has 4 heteroatoms. The van der Waals surface area contributed by atoms with Crippen LogP contribution in [0.1, 0.15) is 24.6 Å². The van der Waals surface area contributed by atoms with E-state index in [-0.39, 0.29) is 0 Å². The Morgan fingerprint density at radius 3 is 2.60 bits per heavy atom. The molecule has 0 amide bonds. The number of benzene rings is 1. The third-order valence-corrected chi connectivity index (χ3v) is 4.08. The van der Waals surface area contributed by atoms with Gasteiger partial charge in [0.1, 0.15) is 5.82 Å². The normalized spacial score (nSPS) is 10.6. The summed E-state index contributed by atoms with van der Waals surface area (Å²) < 4.78 is 1.04. The molecular weight excluding hydrogens is 314 g/mol. The van der Waals surface area contributed by atoms with Crippen LogP contribution in [-0.2, 0) is 6.54 Å². The van der Waals surface area contributed by atoms with Crippen LogP contribution < -0.4 is 10.6 Å². The van der Waals surface area contributed by atoms with Gasteiger partial charge in [-0.3, -0.25) is 0 Å². The van der Waals surface area contributed by atoms with Crippen LogP contribution in [0.3, 0.4) is 0 Å². The summed E-state index contributed by atoms with van der Waals surface area (Å²) in [5, 5.41) is 0. The molecule has 0 aliphatic heterocycles. The number of nitrogen functional groups attached to an aromatic ring is 1. The van der Waals surface area contributed by atoms with Crippen LogP contribution in [-0.4, -0.2) is 11.5 Å². The molecule has 0 saturated carbocycles. The molecule has 0 saturated heterocycles. The summed E-state index contributed by atoms with van der Waals surface area (Å²) in [7, 11) is 0. The van der Waals surface area contributed by atoms with E-state index in [0.717, 1.165) is 46.7 Å². The Balaban J connectivity index is 2.27. The second-order valence-electron chi connectivity index (χ2n) is 4.86. The molecule has 2 N–H and O–H groups in total. The Kier molecular flexibility index (Phi) is 5.01. The lowest BCUT2D eigenvalue weighted by molar-refractivity contribution is 0.753. The van der Waals surface area contributed by atoms with E-state index in [1.807, 2.05) is 31.2 Å². The van der Waals surface area contributed by atoms with E-state index < -0.39 is 0 Å². The Bertz CT molecular complexity index is 584. The Hall–Kier alpha value is -1.55. The maximum absolute atomic E-state index is 6.04. The van der Waals surface area contributed by atoms with Crippen LogP contribution >= 0.6 is 15.9 Å². The predicted octanol–water partition coefficient (Wildman–Crippen LogP) is 4.15. The summed E-state index contributed by atoms with van der Waals surface area (Å²) in [5.41, 5.74) is 9.02. The maximum Gasteiger partial charge on any atom is 0.129 e. The zero-order chi connectivity index (χ0) is 14.5. The summed E-state index contributed by atoms with van der Waals surface area (Å²) in [6, 6.07) is 12.1. The minimum absolute atomic E-state index is 0.786. The van der Waals surface area contributed by atoms with Gasteiger partial charge in [-0.05, 0) is 53.0 Å². The Morgan fingerprint density at radius 1 is 1.20 bits per heavy atom. The average molecular weight is 334 g/mol. The number of aryl methyl sites for hydroxylation is 1. The number of hydrogen-bond acceptors (Lipinski definition) is 3. The molecule has 1 aromatic carbocycles. The molecule has 0 unspecified atom stereocenters. The third kappa shape index (κ3) is 3.51. The van der Waals surface area contributed by atoms with Gasteiger partial charge in [0.2, 0.25) is 0 Å². The second-order valence-corrected chi connectivity index (χ2v) is 5.71. The molecule has 0 atom stereocenters. The van der Waals surface area contributed by atoms with Crippen molar-refractivity contribution in [2.24, 2.45) is 0 Å². The molecule has 1 heterocycles. The van der Waals surface area contributed by atoms with Crippen molar-refractivity contribution in [1.82, 2.24) is 4.98 Å². The van der Waals surface area contributed by atoms with Gasteiger partial charge in [-0.2, -0.15) is 0 Å². The van der Waals surface area contributed by atoms with E-state index in [0.29, 0.717) is 0 Å². The topological polar surface area (TPSA) is 42.1 Å². The molecule has 20 heavy (non-hydrogen) atoms. The smallest absolute Gasteiger partial charge is 0.129 e. The van der Waals surface area contributed by atoms with Crippen molar-refractivity contribution in [3.8, 4) is 0 Å². The molecule has 0 radical (unpaired) electrons. The van der Waals surface area contributed by atoms with Crippen LogP contribution in [0.4, 0.5) is 11.5 Å². The first kappa shape index (κ1) is 14.9. The number of anilines is 2. The van der Waals surface area contributed by atoms with Crippen molar-refractivity contribution in [2.45, 2.75) is 26.8 Å². The molecule has 0 aliphatic carbocycles. The number of para-hydroxylation sites is 1. The highest BCUT2D eigenvalue weighted by Gasteiger charge is 2.10. The number of nitrogens with zero attached hydrogens (tertiary/aromatic N) is 2. The highest BCUT2D eigenvalue weighted by Crippen LogP contribution is 2.22. The summed E-state index contributed by atoms with van der Waals surface area (Å²) >= 11 is 3.49. The number of aromatic nitrogens is 1. The first-order valence-corrected chi connectivity index (χ1v) is 7.62. The lowest BCUT2D eigenvalue weighted by Gasteiger charge is -2.24. The zero-order valence-corrected chi connectivity index (χ0v) is 13.5. The molecule has 0 bridgehead atoms. The number of hydrogen-bond donors (Lipinski definition) is 1. The van der Waals surface area contributed by atoms with E-state index in [9.17, 15) is 0 Å². The molecular formula is C16H20BrN3. The number of rotatable bonds is 5. The zero-order valence-electron chi connectivity index (χ0n) is 11.9. The molecule has 106 valence electrons. The van der Waals surface area contributed by atoms with E-state index >= 15 is 0 Å². The molecule has 0 spiro atoms. The van der Waals surface area contributed by atoms with E-state index in [1.54, 1.807) is 0 Å². The number of nitrogens with two attached hydrogens (primary N) is 1. The van der Waals surface area contributed by atoms with Crippen LogP contribution in [0.25, 0.3) is 0 Å². The highest BCUT2D eigenvalue weighted by molar-refractivity contribution is 9.10. The van der Waals surface area contributed by atoms with Gasteiger partial charge in [0.05, 0.1) is 5.69 Å². The monoisotopic (exact) mass is 333 g/mol. The Labute approximate surface area is 129 Å². The van der Waals surface area contributed by atoms with Gasteiger partial charge in [-0.25, -0.2) is 4.98 Å². The minimum Gasteiger partial charge on any atom is -0.398 e. The molecule has 2 aromatic rings. The Morgan fingerprint density at radius 2 is 1.95 bits per heavy atom. The van der Waals surface area contributed by atoms with Gasteiger partial charge in [0.15, 0.2) is 0 Å². The van der Waals surface area contributed by atoms with Crippen molar-refractivity contribution in [3.05, 3.63) is 52.1 Å². The van der Waals surface area contributed by atoms with Gasteiger partial charge in [-0.1, -0.05) is 25.1 Å². The SMILES string of the molecule is CCCN(Cc1ccccc1N)c1ccc(Br)c(C)n1. The molecule has 0 fully saturated rings. The van der Waals surface area contributed by atoms with Gasteiger partial charge in [0, 0.05) is 23.2 Å². The minimum atomic E-state index is 0.786. The summed E-state index contributed by atoms with van der Waals surface area (Å²) in [6.45, 7) is 5.93. The van der Waals surface area contributed by atoms with Crippen LogP contribution in [0.2, 0.25) is 0 Å². The summed E-state index contributed by atoms with van der Waals surface area (Å²) in [5.74, 6) is 0.996. The largest absolute Gasteiger partial charge is 0.398 e. The van der Waals surface area contributed by atoms with E-state index in [4.69, 9.17) is 5.73 Å². The first-order valence-electron chi connectivity index (χ1n) is 6.83. The van der Waals surface area contributed by atoms with Gasteiger partial charge in [-0.15, -0.1) is 0 Å². The van der Waals surface area contributed by atoms with Gasteiger partial charge >= 0.3 is 0 Å². The lowest BCUT2D eigenvalue weighted by atomic mass is 10.1. The standard InChI is InChI=1S/C16H20BrN3/c1-3-10-20(11-13-6-4-5-7-15(13)18)16-9-8-14(17)12(2)19-16/h4-9H,3,10-11,18H2,1-2H3. The summed E-state index contributed by atoms with van der Waals surface area (Å²) in [6.07, 6.45) is 1.07. The quantitative estimate of drug-likeness (QED) is 0.835. The fourth-order valence-electron chi connectivity index (χ4n) is 2.14. The fourth-order valence-corrected chi connectivity index (χ4v) is 2.36. The van der Waals surface area contributed by atoms with Crippen molar-refractivity contribution >= 4 is 27.4 Å². The second kappa shape index (κ2) is 6.75. The maximum atomic E-state index is 6.04. The molecule has 1 aromatic heterocycles. The number of pyridine rings is 1. The van der Waals surface area contributed by atoms with Gasteiger partial charge < -0.3 is 10.6 Å².